The fourth-order valence-electron chi connectivity index (χ4n) is 1.56. The molecule has 5 nitrogen and oxygen atoms in total. The van der Waals surface area contributed by atoms with Crippen molar-refractivity contribution >= 4 is 34.0 Å². The predicted octanol–water partition coefficient (Wildman–Crippen LogP) is 1.12. The van der Waals surface area contributed by atoms with Crippen molar-refractivity contribution in [2.75, 3.05) is 5.33 Å². The quantitative estimate of drug-likeness (QED) is 0.606. The number of carbonyl (C=O) groups excluding carboxylic acids is 2. The number of carbonyl (C=O) groups is 3. The molecule has 0 amide bonds. The van der Waals surface area contributed by atoms with Crippen LogP contribution in [0.3, 0.4) is 0 Å². The second kappa shape index (κ2) is 6.42. The molecule has 0 aliphatic heterocycles. The van der Waals surface area contributed by atoms with E-state index in [1.807, 2.05) is 0 Å². The molecule has 18 heavy (non-hydrogen) atoms. The SMILES string of the molecule is O=Cc1c(CC(=O)CBr)cccc1C(O)C(=O)O. The molecule has 1 unspecified atom stereocenters. The van der Waals surface area contributed by atoms with E-state index in [2.05, 4.69) is 15.9 Å². The van der Waals surface area contributed by atoms with E-state index in [4.69, 9.17) is 5.11 Å². The zero-order valence-corrected chi connectivity index (χ0v) is 10.9. The zero-order valence-electron chi connectivity index (χ0n) is 9.30. The Bertz CT molecular complexity index is 483. The summed E-state index contributed by atoms with van der Waals surface area (Å²) >= 11 is 3.01. The van der Waals surface area contributed by atoms with Gasteiger partial charge in [0.05, 0.1) is 5.33 Å². The molecule has 1 aromatic carbocycles. The number of carboxylic acid groups (broad SMARTS) is 1. The summed E-state index contributed by atoms with van der Waals surface area (Å²) in [5.41, 5.74) is 0.464. The lowest BCUT2D eigenvalue weighted by molar-refractivity contribution is -0.146. The Kier molecular flexibility index (Phi) is 5.18. The molecule has 0 saturated carbocycles. The number of aldehydes is 1. The molecule has 0 heterocycles. The molecule has 6 heteroatoms. The van der Waals surface area contributed by atoms with Crippen molar-refractivity contribution in [3.8, 4) is 0 Å². The van der Waals surface area contributed by atoms with Crippen molar-refractivity contribution in [2.45, 2.75) is 12.5 Å². The first-order valence-electron chi connectivity index (χ1n) is 5.06. The van der Waals surface area contributed by atoms with Gasteiger partial charge in [-0.15, -0.1) is 0 Å². The third-order valence-electron chi connectivity index (χ3n) is 2.41. The first kappa shape index (κ1) is 14.5. The molecule has 0 bridgehead atoms. The molecule has 0 radical (unpaired) electrons. The maximum atomic E-state index is 11.3. The van der Waals surface area contributed by atoms with E-state index < -0.39 is 12.1 Å². The van der Waals surface area contributed by atoms with Gasteiger partial charge in [0.2, 0.25) is 0 Å². The number of ketones is 1. The first-order chi connectivity index (χ1) is 8.51. The minimum atomic E-state index is -1.77. The van der Waals surface area contributed by atoms with Gasteiger partial charge in [0, 0.05) is 17.5 Å². The van der Waals surface area contributed by atoms with Crippen LogP contribution in [-0.4, -0.2) is 33.6 Å². The van der Waals surface area contributed by atoms with Crippen molar-refractivity contribution < 1.29 is 24.6 Å². The molecule has 1 atom stereocenters. The van der Waals surface area contributed by atoms with Crippen LogP contribution in [0, 0.1) is 0 Å². The number of rotatable bonds is 6. The van der Waals surface area contributed by atoms with Crippen molar-refractivity contribution in [3.05, 3.63) is 34.9 Å². The van der Waals surface area contributed by atoms with Gasteiger partial charge in [-0.1, -0.05) is 34.1 Å². The van der Waals surface area contributed by atoms with Crippen molar-refractivity contribution in [1.82, 2.24) is 0 Å². The van der Waals surface area contributed by atoms with E-state index in [9.17, 15) is 19.5 Å². The van der Waals surface area contributed by atoms with E-state index in [1.165, 1.54) is 12.1 Å². The minimum absolute atomic E-state index is 0.00243. The highest BCUT2D eigenvalue weighted by atomic mass is 79.9. The van der Waals surface area contributed by atoms with Crippen LogP contribution in [0.2, 0.25) is 0 Å². The number of hydrogen-bond donors (Lipinski definition) is 2. The van der Waals surface area contributed by atoms with Crippen LogP contribution in [0.25, 0.3) is 0 Å². The monoisotopic (exact) mass is 314 g/mol. The zero-order chi connectivity index (χ0) is 13.7. The molecule has 0 aliphatic rings. The predicted molar refractivity (Wildman–Crippen MR) is 66.9 cm³/mol. The van der Waals surface area contributed by atoms with Crippen LogP contribution in [-0.2, 0) is 16.0 Å². The molecule has 0 aromatic heterocycles. The highest BCUT2D eigenvalue weighted by Gasteiger charge is 2.21. The Labute approximate surface area is 112 Å². The van der Waals surface area contributed by atoms with Gasteiger partial charge in [0.15, 0.2) is 12.4 Å². The number of aliphatic carboxylic acids is 1. The lowest BCUT2D eigenvalue weighted by Gasteiger charge is -2.12. The molecule has 0 saturated heterocycles. The Hall–Kier alpha value is -1.53. The lowest BCUT2D eigenvalue weighted by atomic mass is 9.95. The lowest BCUT2D eigenvalue weighted by Crippen LogP contribution is -2.15. The van der Waals surface area contributed by atoms with E-state index in [0.29, 0.717) is 11.8 Å². The standard InChI is InChI=1S/C12H11BrO5/c13-5-8(15)4-7-2-1-3-9(10(7)6-14)11(16)12(17)18/h1-3,6,11,16H,4-5H2,(H,17,18). The summed E-state index contributed by atoms with van der Waals surface area (Å²) in [6, 6.07) is 4.42. The van der Waals surface area contributed by atoms with Gasteiger partial charge < -0.3 is 10.2 Å². The van der Waals surface area contributed by atoms with Gasteiger partial charge in [-0.25, -0.2) is 4.79 Å². The van der Waals surface area contributed by atoms with Gasteiger partial charge in [-0.3, -0.25) is 9.59 Å². The average molecular weight is 315 g/mol. The number of Topliss-reactive ketones (excluding diaryl/α,β-unsaturated/α-hetero) is 1. The maximum Gasteiger partial charge on any atom is 0.337 e. The van der Waals surface area contributed by atoms with E-state index >= 15 is 0 Å². The van der Waals surface area contributed by atoms with Crippen LogP contribution in [0.4, 0.5) is 0 Å². The van der Waals surface area contributed by atoms with E-state index in [0.717, 1.165) is 0 Å². The van der Waals surface area contributed by atoms with Gasteiger partial charge in [0.1, 0.15) is 5.78 Å². The smallest absolute Gasteiger partial charge is 0.337 e. The molecule has 0 spiro atoms. The summed E-state index contributed by atoms with van der Waals surface area (Å²) in [6.45, 7) is 0. The molecule has 0 fully saturated rings. The average Bonchev–Trinajstić information content (AvgIpc) is 2.37. The summed E-state index contributed by atoms with van der Waals surface area (Å²) < 4.78 is 0. The number of halogens is 1. The van der Waals surface area contributed by atoms with Gasteiger partial charge >= 0.3 is 5.97 Å². The van der Waals surface area contributed by atoms with Crippen molar-refractivity contribution in [1.29, 1.82) is 0 Å². The largest absolute Gasteiger partial charge is 0.479 e. The van der Waals surface area contributed by atoms with Gasteiger partial charge in [-0.2, -0.15) is 0 Å². The van der Waals surface area contributed by atoms with E-state index in [1.54, 1.807) is 6.07 Å². The first-order valence-corrected chi connectivity index (χ1v) is 6.19. The number of hydrogen-bond acceptors (Lipinski definition) is 4. The minimum Gasteiger partial charge on any atom is -0.479 e. The van der Waals surface area contributed by atoms with Crippen LogP contribution >= 0.6 is 15.9 Å². The van der Waals surface area contributed by atoms with Crippen LogP contribution in [0.5, 0.6) is 0 Å². The molecule has 2 N–H and O–H groups in total. The van der Waals surface area contributed by atoms with Crippen molar-refractivity contribution in [3.63, 3.8) is 0 Å². The van der Waals surface area contributed by atoms with Crippen molar-refractivity contribution in [2.24, 2.45) is 0 Å². The van der Waals surface area contributed by atoms with Crippen LogP contribution in [0.1, 0.15) is 27.6 Å². The second-order valence-electron chi connectivity index (χ2n) is 3.63. The molecule has 0 aliphatic carbocycles. The Morgan fingerprint density at radius 3 is 2.56 bits per heavy atom. The molecule has 96 valence electrons. The van der Waals surface area contributed by atoms with Gasteiger partial charge in [-0.05, 0) is 5.56 Å². The normalized spacial score (nSPS) is 11.9. The summed E-state index contributed by atoms with van der Waals surface area (Å²) in [7, 11) is 0. The summed E-state index contributed by atoms with van der Waals surface area (Å²) in [4.78, 5) is 33.1. The van der Waals surface area contributed by atoms with E-state index in [-0.39, 0.29) is 28.7 Å². The Morgan fingerprint density at radius 1 is 1.39 bits per heavy atom. The number of aliphatic hydroxyl groups excluding tert-OH is 1. The Morgan fingerprint density at radius 2 is 2.06 bits per heavy atom. The fraction of sp³-hybridized carbons (Fsp3) is 0.250. The molecular formula is C12H11BrO5. The summed E-state index contributed by atoms with van der Waals surface area (Å²) in [5.74, 6) is -1.58. The molecule has 1 aromatic rings. The number of carboxylic acids is 1. The highest BCUT2D eigenvalue weighted by molar-refractivity contribution is 9.09. The summed E-state index contributed by atoms with van der Waals surface area (Å²) in [5, 5.41) is 18.4. The van der Waals surface area contributed by atoms with Crippen LogP contribution in [0.15, 0.2) is 18.2 Å². The topological polar surface area (TPSA) is 91.7 Å². The molecular weight excluding hydrogens is 304 g/mol. The maximum absolute atomic E-state index is 11.3. The molecule has 1 rings (SSSR count). The van der Waals surface area contributed by atoms with Gasteiger partial charge in [0.25, 0.3) is 0 Å². The third kappa shape index (κ3) is 3.24. The summed E-state index contributed by atoms with van der Waals surface area (Å²) in [6.07, 6.45) is -1.30. The number of aliphatic hydroxyl groups is 1. The third-order valence-corrected chi connectivity index (χ3v) is 3.04. The van der Waals surface area contributed by atoms with Crippen LogP contribution < -0.4 is 0 Å². The second-order valence-corrected chi connectivity index (χ2v) is 4.19. The fourth-order valence-corrected chi connectivity index (χ4v) is 1.76. The number of alkyl halides is 1. The number of benzene rings is 1. The Balaban J connectivity index is 3.21. The highest BCUT2D eigenvalue weighted by Crippen LogP contribution is 2.21.